The first-order valence-electron chi connectivity index (χ1n) is 5.02. The molecular formula is C13H13NOS. The minimum absolute atomic E-state index is 0.876. The third kappa shape index (κ3) is 2.49. The molecule has 0 aliphatic carbocycles. The number of allylic oxidation sites excluding steroid dienone is 1. The van der Waals surface area contributed by atoms with Crippen LogP contribution in [0, 0.1) is 0 Å². The Hall–Kier alpha value is -1.61. The van der Waals surface area contributed by atoms with Crippen LogP contribution in [0.5, 0.6) is 5.75 Å². The lowest BCUT2D eigenvalue weighted by Gasteiger charge is -2.01. The smallest absolute Gasteiger partial charge is 0.119 e. The number of aromatic nitrogens is 1. The maximum atomic E-state index is 5.18. The van der Waals surface area contributed by atoms with Gasteiger partial charge in [-0.1, -0.05) is 12.1 Å². The monoisotopic (exact) mass is 231 g/mol. The molecule has 0 aliphatic heterocycles. The van der Waals surface area contributed by atoms with Crippen LogP contribution in [0.4, 0.5) is 0 Å². The summed E-state index contributed by atoms with van der Waals surface area (Å²) in [7, 11) is 1.68. The molecule has 1 aromatic heterocycles. The highest BCUT2D eigenvalue weighted by atomic mass is 32.1. The highest BCUT2D eigenvalue weighted by Crippen LogP contribution is 2.21. The number of thiazole rings is 1. The SMILES string of the molecule is COc1cccc(/C=C(\C)c2nccs2)c1. The molecule has 0 saturated heterocycles. The van der Waals surface area contributed by atoms with Gasteiger partial charge in [0.25, 0.3) is 0 Å². The third-order valence-electron chi connectivity index (χ3n) is 2.25. The van der Waals surface area contributed by atoms with Crippen LogP contribution in [0.25, 0.3) is 11.6 Å². The fourth-order valence-corrected chi connectivity index (χ4v) is 2.08. The summed E-state index contributed by atoms with van der Waals surface area (Å²) < 4.78 is 5.18. The van der Waals surface area contributed by atoms with Crippen LogP contribution < -0.4 is 4.74 Å². The number of methoxy groups -OCH3 is 1. The number of hydrogen-bond donors (Lipinski definition) is 0. The van der Waals surface area contributed by atoms with Crippen molar-refractivity contribution in [2.45, 2.75) is 6.92 Å². The molecule has 0 amide bonds. The topological polar surface area (TPSA) is 22.1 Å². The second kappa shape index (κ2) is 4.94. The Morgan fingerprint density at radius 3 is 3.00 bits per heavy atom. The Labute approximate surface area is 99.2 Å². The molecule has 2 rings (SSSR count). The van der Waals surface area contributed by atoms with Gasteiger partial charge in [0.15, 0.2) is 0 Å². The third-order valence-corrected chi connectivity index (χ3v) is 3.16. The fraction of sp³-hybridized carbons (Fsp3) is 0.154. The maximum Gasteiger partial charge on any atom is 0.119 e. The van der Waals surface area contributed by atoms with E-state index in [9.17, 15) is 0 Å². The molecule has 0 aliphatic rings. The predicted octanol–water partition coefficient (Wildman–Crippen LogP) is 3.71. The lowest BCUT2D eigenvalue weighted by atomic mass is 10.1. The first-order valence-corrected chi connectivity index (χ1v) is 5.90. The zero-order chi connectivity index (χ0) is 11.4. The average Bonchev–Trinajstić information content (AvgIpc) is 2.83. The predicted molar refractivity (Wildman–Crippen MR) is 68.7 cm³/mol. The molecule has 2 nitrogen and oxygen atoms in total. The molecule has 0 fully saturated rings. The van der Waals surface area contributed by atoms with Crippen molar-refractivity contribution >= 4 is 23.0 Å². The summed E-state index contributed by atoms with van der Waals surface area (Å²) in [5, 5.41) is 3.04. The molecule has 0 saturated carbocycles. The molecule has 0 unspecified atom stereocenters. The lowest BCUT2D eigenvalue weighted by molar-refractivity contribution is 0.414. The largest absolute Gasteiger partial charge is 0.497 e. The summed E-state index contributed by atoms with van der Waals surface area (Å²) in [6.45, 7) is 2.07. The minimum Gasteiger partial charge on any atom is -0.497 e. The number of ether oxygens (including phenoxy) is 1. The van der Waals surface area contributed by atoms with Gasteiger partial charge in [0.1, 0.15) is 10.8 Å². The Balaban J connectivity index is 2.28. The molecule has 16 heavy (non-hydrogen) atoms. The van der Waals surface area contributed by atoms with Crippen molar-refractivity contribution in [3.05, 3.63) is 46.4 Å². The van der Waals surface area contributed by atoms with Crippen LogP contribution >= 0.6 is 11.3 Å². The van der Waals surface area contributed by atoms with Crippen molar-refractivity contribution in [2.75, 3.05) is 7.11 Å². The molecule has 1 heterocycles. The van der Waals surface area contributed by atoms with Gasteiger partial charge in [-0.15, -0.1) is 11.3 Å². The van der Waals surface area contributed by atoms with Crippen molar-refractivity contribution in [2.24, 2.45) is 0 Å². The van der Waals surface area contributed by atoms with Gasteiger partial charge in [-0.25, -0.2) is 4.98 Å². The quantitative estimate of drug-likeness (QED) is 0.803. The number of nitrogens with zero attached hydrogens (tertiary/aromatic N) is 1. The molecule has 3 heteroatoms. The van der Waals surface area contributed by atoms with E-state index in [-0.39, 0.29) is 0 Å². The summed E-state index contributed by atoms with van der Waals surface area (Å²) >= 11 is 1.65. The first-order chi connectivity index (χ1) is 7.79. The van der Waals surface area contributed by atoms with E-state index in [2.05, 4.69) is 24.1 Å². The van der Waals surface area contributed by atoms with Gasteiger partial charge in [-0.3, -0.25) is 0 Å². The molecule has 0 N–H and O–H groups in total. The maximum absolute atomic E-state index is 5.18. The molecule has 1 aromatic carbocycles. The van der Waals surface area contributed by atoms with E-state index in [1.807, 2.05) is 29.8 Å². The van der Waals surface area contributed by atoms with Crippen molar-refractivity contribution in [1.82, 2.24) is 4.98 Å². The van der Waals surface area contributed by atoms with Crippen molar-refractivity contribution in [3.63, 3.8) is 0 Å². The summed E-state index contributed by atoms with van der Waals surface area (Å²) in [6.07, 6.45) is 3.93. The summed E-state index contributed by atoms with van der Waals surface area (Å²) in [6, 6.07) is 7.99. The van der Waals surface area contributed by atoms with Crippen LogP contribution in [0.15, 0.2) is 35.8 Å². The van der Waals surface area contributed by atoms with Crippen LogP contribution in [0.1, 0.15) is 17.5 Å². The number of rotatable bonds is 3. The average molecular weight is 231 g/mol. The first kappa shape index (κ1) is 10.9. The van der Waals surface area contributed by atoms with E-state index in [4.69, 9.17) is 4.74 Å². The summed E-state index contributed by atoms with van der Waals surface area (Å²) in [4.78, 5) is 4.27. The van der Waals surface area contributed by atoms with Crippen LogP contribution in [0.2, 0.25) is 0 Å². The van der Waals surface area contributed by atoms with Gasteiger partial charge in [-0.05, 0) is 36.3 Å². The summed E-state index contributed by atoms with van der Waals surface area (Å²) in [5.41, 5.74) is 2.30. The van der Waals surface area contributed by atoms with Gasteiger partial charge in [-0.2, -0.15) is 0 Å². The van der Waals surface area contributed by atoms with Crippen molar-refractivity contribution in [1.29, 1.82) is 0 Å². The molecule has 0 radical (unpaired) electrons. The van der Waals surface area contributed by atoms with E-state index in [0.717, 1.165) is 16.3 Å². The highest BCUT2D eigenvalue weighted by molar-refractivity contribution is 7.10. The Morgan fingerprint density at radius 2 is 2.31 bits per heavy atom. The normalized spacial score (nSPS) is 11.5. The Morgan fingerprint density at radius 1 is 1.44 bits per heavy atom. The number of benzene rings is 1. The van der Waals surface area contributed by atoms with E-state index in [0.29, 0.717) is 0 Å². The fourth-order valence-electron chi connectivity index (χ4n) is 1.46. The zero-order valence-corrected chi connectivity index (χ0v) is 10.1. The highest BCUT2D eigenvalue weighted by Gasteiger charge is 1.99. The van der Waals surface area contributed by atoms with Crippen molar-refractivity contribution in [3.8, 4) is 5.75 Å². The minimum atomic E-state index is 0.876. The van der Waals surface area contributed by atoms with Gasteiger partial charge in [0.2, 0.25) is 0 Å². The molecule has 2 aromatic rings. The lowest BCUT2D eigenvalue weighted by Crippen LogP contribution is -1.83. The van der Waals surface area contributed by atoms with Crippen molar-refractivity contribution < 1.29 is 4.74 Å². The molecule has 82 valence electrons. The second-order valence-electron chi connectivity index (χ2n) is 3.44. The van der Waals surface area contributed by atoms with Gasteiger partial charge in [0, 0.05) is 11.6 Å². The van der Waals surface area contributed by atoms with E-state index >= 15 is 0 Å². The summed E-state index contributed by atoms with van der Waals surface area (Å²) in [5.74, 6) is 0.876. The van der Waals surface area contributed by atoms with Crippen LogP contribution in [0.3, 0.4) is 0 Å². The molecule has 0 spiro atoms. The van der Waals surface area contributed by atoms with E-state index in [1.54, 1.807) is 18.4 Å². The Bertz CT molecular complexity index is 488. The number of hydrogen-bond acceptors (Lipinski definition) is 3. The van der Waals surface area contributed by atoms with Gasteiger partial charge in [0.05, 0.1) is 7.11 Å². The Kier molecular flexibility index (Phi) is 3.37. The second-order valence-corrected chi connectivity index (χ2v) is 4.34. The standard InChI is InChI=1S/C13H13NOS/c1-10(13-14-6-7-16-13)8-11-4-3-5-12(9-11)15-2/h3-9H,1-2H3/b10-8+. The van der Waals surface area contributed by atoms with Gasteiger partial charge < -0.3 is 4.74 Å². The van der Waals surface area contributed by atoms with Crippen LogP contribution in [-0.2, 0) is 0 Å². The van der Waals surface area contributed by atoms with Crippen LogP contribution in [-0.4, -0.2) is 12.1 Å². The molecule has 0 bridgehead atoms. The van der Waals surface area contributed by atoms with E-state index in [1.165, 1.54) is 5.57 Å². The van der Waals surface area contributed by atoms with E-state index < -0.39 is 0 Å². The molecule has 0 atom stereocenters. The zero-order valence-electron chi connectivity index (χ0n) is 9.31. The molecular weight excluding hydrogens is 218 g/mol. The van der Waals surface area contributed by atoms with Gasteiger partial charge >= 0.3 is 0 Å².